The van der Waals surface area contributed by atoms with Crippen LogP contribution in [0.25, 0.3) is 4.96 Å². The molecule has 130 valence electrons. The first-order valence-corrected chi connectivity index (χ1v) is 9.72. The predicted molar refractivity (Wildman–Crippen MR) is 100 cm³/mol. The molecule has 1 amide bonds. The van der Waals surface area contributed by atoms with Crippen LogP contribution in [0.5, 0.6) is 0 Å². The number of thioether (sulfide) groups is 1. The molecule has 0 atom stereocenters. The first-order chi connectivity index (χ1) is 12.0. The van der Waals surface area contributed by atoms with Crippen LogP contribution in [0.1, 0.15) is 12.1 Å². The van der Waals surface area contributed by atoms with E-state index in [2.05, 4.69) is 10.3 Å². The summed E-state index contributed by atoms with van der Waals surface area (Å²) in [7, 11) is 0. The zero-order chi connectivity index (χ0) is 17.8. The summed E-state index contributed by atoms with van der Waals surface area (Å²) in [4.78, 5) is 28.8. The standard InChI is InChI=1S/C16H13ClFN3O2S2/c17-10-1-2-13(12(18)7-10)20-14(22)3-5-24-9-11-8-15(23)21-4-6-25-16(21)19-11/h1-2,4,6-8H,3,5,9H2,(H,20,22). The number of fused-ring (bicyclic) bond motifs is 1. The van der Waals surface area contributed by atoms with Gasteiger partial charge in [0.2, 0.25) is 5.91 Å². The number of carbonyl (C=O) groups is 1. The van der Waals surface area contributed by atoms with Gasteiger partial charge in [-0.2, -0.15) is 11.8 Å². The third kappa shape index (κ3) is 4.59. The van der Waals surface area contributed by atoms with Crippen molar-refractivity contribution in [2.45, 2.75) is 12.2 Å². The van der Waals surface area contributed by atoms with Crippen LogP contribution >= 0.6 is 34.7 Å². The lowest BCUT2D eigenvalue weighted by Gasteiger charge is -2.06. The molecule has 5 nitrogen and oxygen atoms in total. The molecule has 3 rings (SSSR count). The molecule has 0 aliphatic carbocycles. The van der Waals surface area contributed by atoms with Gasteiger partial charge in [0.15, 0.2) is 4.96 Å². The summed E-state index contributed by atoms with van der Waals surface area (Å²) in [5.41, 5.74) is 0.677. The van der Waals surface area contributed by atoms with Crippen molar-refractivity contribution in [1.82, 2.24) is 9.38 Å². The molecule has 0 saturated heterocycles. The average molecular weight is 398 g/mol. The largest absolute Gasteiger partial charge is 0.324 e. The number of rotatable bonds is 6. The fraction of sp³-hybridized carbons (Fsp3) is 0.188. The molecule has 0 fully saturated rings. The lowest BCUT2D eigenvalue weighted by atomic mass is 10.3. The Labute approximate surface area is 155 Å². The van der Waals surface area contributed by atoms with E-state index in [9.17, 15) is 14.0 Å². The molecule has 0 unspecified atom stereocenters. The Balaban J connectivity index is 1.49. The van der Waals surface area contributed by atoms with E-state index in [1.807, 2.05) is 0 Å². The van der Waals surface area contributed by atoms with Gasteiger partial charge in [0.1, 0.15) is 5.82 Å². The van der Waals surface area contributed by atoms with Crippen LogP contribution in [0, 0.1) is 5.82 Å². The number of hydrogen-bond acceptors (Lipinski definition) is 5. The minimum absolute atomic E-state index is 0.109. The van der Waals surface area contributed by atoms with Gasteiger partial charge in [0, 0.05) is 40.6 Å². The van der Waals surface area contributed by atoms with Gasteiger partial charge < -0.3 is 5.32 Å². The van der Waals surface area contributed by atoms with E-state index in [0.29, 0.717) is 22.2 Å². The summed E-state index contributed by atoms with van der Waals surface area (Å²) in [5, 5.41) is 4.59. The summed E-state index contributed by atoms with van der Waals surface area (Å²) in [6, 6.07) is 5.59. The Hall–Kier alpha value is -1.90. The van der Waals surface area contributed by atoms with Crippen LogP contribution in [-0.2, 0) is 10.5 Å². The molecular weight excluding hydrogens is 385 g/mol. The van der Waals surface area contributed by atoms with Gasteiger partial charge in [-0.3, -0.25) is 14.0 Å². The third-order valence-corrected chi connectivity index (χ3v) is 5.27. The van der Waals surface area contributed by atoms with Crippen molar-refractivity contribution in [2.24, 2.45) is 0 Å². The van der Waals surface area contributed by atoms with Gasteiger partial charge in [-0.15, -0.1) is 11.3 Å². The lowest BCUT2D eigenvalue weighted by Crippen LogP contribution is -2.14. The highest BCUT2D eigenvalue weighted by Crippen LogP contribution is 2.19. The number of hydrogen-bond donors (Lipinski definition) is 1. The number of amides is 1. The highest BCUT2D eigenvalue weighted by atomic mass is 35.5. The second-order valence-corrected chi connectivity index (χ2v) is 7.53. The summed E-state index contributed by atoms with van der Waals surface area (Å²) >= 11 is 8.56. The van der Waals surface area contributed by atoms with Crippen molar-refractivity contribution >= 4 is 51.3 Å². The fourth-order valence-electron chi connectivity index (χ4n) is 2.11. The second kappa shape index (κ2) is 7.99. The van der Waals surface area contributed by atoms with Crippen molar-refractivity contribution in [3.63, 3.8) is 0 Å². The van der Waals surface area contributed by atoms with Crippen molar-refractivity contribution in [2.75, 3.05) is 11.1 Å². The molecule has 1 N–H and O–H groups in total. The minimum Gasteiger partial charge on any atom is -0.324 e. The van der Waals surface area contributed by atoms with E-state index in [1.54, 1.807) is 11.6 Å². The molecule has 2 aromatic heterocycles. The smallest absolute Gasteiger partial charge is 0.258 e. The van der Waals surface area contributed by atoms with Crippen LogP contribution < -0.4 is 10.9 Å². The van der Waals surface area contributed by atoms with Crippen LogP contribution in [0.3, 0.4) is 0 Å². The number of nitrogens with one attached hydrogen (secondary N) is 1. The maximum atomic E-state index is 13.6. The Kier molecular flexibility index (Phi) is 5.72. The van der Waals surface area contributed by atoms with E-state index >= 15 is 0 Å². The Morgan fingerprint density at radius 1 is 1.40 bits per heavy atom. The van der Waals surface area contributed by atoms with Crippen LogP contribution in [0.4, 0.5) is 10.1 Å². The van der Waals surface area contributed by atoms with Gasteiger partial charge in [-0.05, 0) is 18.2 Å². The molecule has 25 heavy (non-hydrogen) atoms. The van der Waals surface area contributed by atoms with Crippen molar-refractivity contribution < 1.29 is 9.18 Å². The van der Waals surface area contributed by atoms with E-state index in [-0.39, 0.29) is 28.6 Å². The Bertz CT molecular complexity index is 973. The lowest BCUT2D eigenvalue weighted by molar-refractivity contribution is -0.115. The molecule has 0 aliphatic heterocycles. The first kappa shape index (κ1) is 17.9. The number of thiazole rings is 1. The summed E-state index contributed by atoms with van der Waals surface area (Å²) in [6.45, 7) is 0. The third-order valence-electron chi connectivity index (χ3n) is 3.28. The molecule has 0 spiro atoms. The second-order valence-electron chi connectivity index (χ2n) is 5.12. The van der Waals surface area contributed by atoms with Crippen molar-refractivity contribution in [3.05, 3.63) is 62.7 Å². The Morgan fingerprint density at radius 3 is 3.04 bits per heavy atom. The zero-order valence-electron chi connectivity index (χ0n) is 12.9. The zero-order valence-corrected chi connectivity index (χ0v) is 15.3. The van der Waals surface area contributed by atoms with E-state index in [1.165, 1.54) is 45.7 Å². The SMILES string of the molecule is O=C(CCSCc1cc(=O)n2ccsc2n1)Nc1ccc(Cl)cc1F. The molecule has 9 heteroatoms. The minimum atomic E-state index is -0.567. The normalized spacial score (nSPS) is 11.0. The summed E-state index contributed by atoms with van der Waals surface area (Å²) < 4.78 is 15.1. The molecule has 3 aromatic rings. The van der Waals surface area contributed by atoms with Crippen LogP contribution in [0.15, 0.2) is 40.6 Å². The monoisotopic (exact) mass is 397 g/mol. The van der Waals surface area contributed by atoms with Crippen molar-refractivity contribution in [3.8, 4) is 0 Å². The maximum Gasteiger partial charge on any atom is 0.258 e. The molecule has 0 saturated carbocycles. The van der Waals surface area contributed by atoms with E-state index < -0.39 is 5.82 Å². The molecule has 1 aromatic carbocycles. The topological polar surface area (TPSA) is 63.5 Å². The highest BCUT2D eigenvalue weighted by molar-refractivity contribution is 7.98. The number of aromatic nitrogens is 2. The van der Waals surface area contributed by atoms with Gasteiger partial charge in [0.05, 0.1) is 11.4 Å². The number of halogens is 2. The molecule has 0 aliphatic rings. The van der Waals surface area contributed by atoms with Gasteiger partial charge >= 0.3 is 0 Å². The summed E-state index contributed by atoms with van der Waals surface area (Å²) in [6.07, 6.45) is 1.92. The molecule has 0 radical (unpaired) electrons. The van der Waals surface area contributed by atoms with Gasteiger partial charge in [0.25, 0.3) is 5.56 Å². The molecule has 0 bridgehead atoms. The number of benzene rings is 1. The fourth-order valence-corrected chi connectivity index (χ4v) is 3.84. The number of anilines is 1. The molecule has 2 heterocycles. The quantitative estimate of drug-likeness (QED) is 0.642. The maximum absolute atomic E-state index is 13.6. The van der Waals surface area contributed by atoms with E-state index in [4.69, 9.17) is 11.6 Å². The number of carbonyl (C=O) groups excluding carboxylic acids is 1. The molecular formula is C16H13ClFN3O2S2. The van der Waals surface area contributed by atoms with E-state index in [0.717, 1.165) is 6.07 Å². The van der Waals surface area contributed by atoms with Gasteiger partial charge in [-0.25, -0.2) is 9.37 Å². The van der Waals surface area contributed by atoms with Crippen molar-refractivity contribution in [1.29, 1.82) is 0 Å². The van der Waals surface area contributed by atoms with Crippen LogP contribution in [0.2, 0.25) is 5.02 Å². The summed E-state index contributed by atoms with van der Waals surface area (Å²) in [5.74, 6) is 0.219. The van der Waals surface area contributed by atoms with Gasteiger partial charge in [-0.1, -0.05) is 11.6 Å². The average Bonchev–Trinajstić information content (AvgIpc) is 3.03. The number of nitrogens with zero attached hydrogens (tertiary/aromatic N) is 2. The first-order valence-electron chi connectivity index (χ1n) is 7.31. The highest BCUT2D eigenvalue weighted by Gasteiger charge is 2.08. The predicted octanol–water partition coefficient (Wildman–Crippen LogP) is 3.81. The Morgan fingerprint density at radius 2 is 2.24 bits per heavy atom. The van der Waals surface area contributed by atoms with Crippen LogP contribution in [-0.4, -0.2) is 21.0 Å².